The highest BCUT2D eigenvalue weighted by atomic mass is 79.9. The highest BCUT2D eigenvalue weighted by Gasteiger charge is 2.30. The van der Waals surface area contributed by atoms with E-state index in [2.05, 4.69) is 53.1 Å². The summed E-state index contributed by atoms with van der Waals surface area (Å²) in [6.45, 7) is 0. The van der Waals surface area contributed by atoms with E-state index < -0.39 is 23.3 Å². The molecule has 0 spiro atoms. The molecule has 0 radical (unpaired) electrons. The first kappa shape index (κ1) is 20.7. The number of hydrogen-bond donors (Lipinski definition) is 1. The quantitative estimate of drug-likeness (QED) is 0.340. The van der Waals surface area contributed by atoms with Crippen molar-refractivity contribution in [3.8, 4) is 0 Å². The van der Waals surface area contributed by atoms with E-state index in [0.717, 1.165) is 13.5 Å². The molecule has 3 aromatic rings. The number of nitrogens with one attached hydrogen (secondary N) is 1. The Labute approximate surface area is 186 Å². The molecule has 28 heavy (non-hydrogen) atoms. The van der Waals surface area contributed by atoms with Gasteiger partial charge in [0.1, 0.15) is 0 Å². The lowest BCUT2D eigenvalue weighted by Crippen LogP contribution is -2.38. The Morgan fingerprint density at radius 1 is 0.786 bits per heavy atom. The van der Waals surface area contributed by atoms with Crippen molar-refractivity contribution in [2.45, 2.75) is 6.04 Å². The highest BCUT2D eigenvalue weighted by molar-refractivity contribution is 9.11. The van der Waals surface area contributed by atoms with Gasteiger partial charge in [-0.25, -0.2) is 0 Å². The Balaban J connectivity index is 2.03. The summed E-state index contributed by atoms with van der Waals surface area (Å²) in [5.41, 5.74) is 0.389. The van der Waals surface area contributed by atoms with Crippen LogP contribution in [0.3, 0.4) is 0 Å². The maximum absolute atomic E-state index is 13.1. The van der Waals surface area contributed by atoms with E-state index in [1.165, 1.54) is 12.3 Å². The van der Waals surface area contributed by atoms with Crippen LogP contribution in [0.15, 0.2) is 85.1 Å². The number of amides is 1. The molecular weight excluding hydrogens is 556 g/mol. The van der Waals surface area contributed by atoms with E-state index in [1.807, 2.05) is 0 Å². The minimum Gasteiger partial charge on any atom is -0.324 e. The van der Waals surface area contributed by atoms with Gasteiger partial charge in [-0.15, -0.1) is 0 Å². The maximum Gasteiger partial charge on any atom is 0.255 e. The zero-order valence-electron chi connectivity index (χ0n) is 14.2. The molecule has 1 heterocycles. The second-order valence-corrected chi connectivity index (χ2v) is 8.61. The number of carbonyl (C=O) groups is 2. The summed E-state index contributed by atoms with van der Waals surface area (Å²) in [5.74, 6) is -1.09. The van der Waals surface area contributed by atoms with Crippen LogP contribution in [0, 0.1) is 0 Å². The first-order valence-electron chi connectivity index (χ1n) is 8.09. The number of hydrogen-bond acceptors (Lipinski definition) is 3. The summed E-state index contributed by atoms with van der Waals surface area (Å²) in [6, 6.07) is 15.1. The fourth-order valence-electron chi connectivity index (χ4n) is 2.57. The number of pyridine rings is 1. The lowest BCUT2D eigenvalue weighted by atomic mass is 10.0. The topological polar surface area (TPSA) is 68.2 Å². The van der Waals surface area contributed by atoms with Gasteiger partial charge in [-0.05, 0) is 58.4 Å². The summed E-state index contributed by atoms with van der Waals surface area (Å²) in [7, 11) is 0. The second-order valence-electron chi connectivity index (χ2n) is 5.86. The number of ketones is 1. The lowest BCUT2D eigenvalue weighted by Gasteiger charge is -2.19. The molecule has 0 saturated heterocycles. The van der Waals surface area contributed by atoms with Crippen molar-refractivity contribution >= 4 is 65.2 Å². The summed E-state index contributed by atoms with van der Waals surface area (Å²) in [4.78, 5) is 38.6. The largest absolute Gasteiger partial charge is 0.324 e. The van der Waals surface area contributed by atoms with Crippen LogP contribution in [-0.4, -0.2) is 16.3 Å². The van der Waals surface area contributed by atoms with Crippen LogP contribution in [0.25, 0.3) is 0 Å². The van der Waals surface area contributed by atoms with E-state index in [0.29, 0.717) is 15.7 Å². The summed E-state index contributed by atoms with van der Waals surface area (Å²) in [6.07, 6.45) is 1.44. The molecule has 1 amide bonds. The second kappa shape index (κ2) is 8.98. The average molecular weight is 569 g/mol. The van der Waals surface area contributed by atoms with E-state index in [9.17, 15) is 14.4 Å². The predicted molar refractivity (Wildman–Crippen MR) is 119 cm³/mol. The van der Waals surface area contributed by atoms with Crippen LogP contribution in [0.4, 0.5) is 5.69 Å². The third-order valence-corrected chi connectivity index (χ3v) is 5.44. The molecule has 1 unspecified atom stereocenters. The number of rotatable bonds is 5. The van der Waals surface area contributed by atoms with Crippen LogP contribution in [0.5, 0.6) is 0 Å². The summed E-state index contributed by atoms with van der Waals surface area (Å²) >= 11 is 9.94. The number of aromatic nitrogens is 1. The number of nitrogens with zero attached hydrogens (tertiary/aromatic N) is 1. The van der Waals surface area contributed by atoms with Gasteiger partial charge in [0.25, 0.3) is 11.5 Å². The van der Waals surface area contributed by atoms with Crippen molar-refractivity contribution in [2.75, 3.05) is 5.32 Å². The molecule has 0 fully saturated rings. The van der Waals surface area contributed by atoms with Crippen LogP contribution >= 0.6 is 47.8 Å². The number of anilines is 1. The molecule has 3 rings (SSSR count). The number of benzene rings is 2. The minimum absolute atomic E-state index is 0.325. The minimum atomic E-state index is -1.35. The molecule has 0 bridgehead atoms. The van der Waals surface area contributed by atoms with Crippen molar-refractivity contribution < 1.29 is 9.59 Å². The Morgan fingerprint density at radius 2 is 1.32 bits per heavy atom. The SMILES string of the molecule is O=C(Nc1ccc(Br)cc1)C(C(=O)c1ccc(Br)cc1)n1cc(Br)ccc1=O. The van der Waals surface area contributed by atoms with Gasteiger partial charge in [0, 0.05) is 36.9 Å². The zero-order chi connectivity index (χ0) is 20.3. The fourth-order valence-corrected chi connectivity index (χ4v) is 3.45. The summed E-state index contributed by atoms with van der Waals surface area (Å²) < 4.78 is 3.37. The first-order valence-corrected chi connectivity index (χ1v) is 10.5. The van der Waals surface area contributed by atoms with Gasteiger partial charge in [0.15, 0.2) is 11.8 Å². The van der Waals surface area contributed by atoms with Crippen LogP contribution < -0.4 is 10.9 Å². The predicted octanol–water partition coefficient (Wildman–Crippen LogP) is 5.20. The average Bonchev–Trinajstić information content (AvgIpc) is 2.67. The highest BCUT2D eigenvalue weighted by Crippen LogP contribution is 2.21. The molecule has 0 aliphatic heterocycles. The van der Waals surface area contributed by atoms with Crippen LogP contribution in [0.2, 0.25) is 0 Å². The molecule has 1 atom stereocenters. The van der Waals surface area contributed by atoms with Gasteiger partial charge in [0.2, 0.25) is 0 Å². The molecule has 0 aliphatic rings. The van der Waals surface area contributed by atoms with Crippen molar-refractivity contribution in [2.24, 2.45) is 0 Å². The fraction of sp³-hybridized carbons (Fsp3) is 0.0500. The van der Waals surface area contributed by atoms with Crippen molar-refractivity contribution in [3.63, 3.8) is 0 Å². The van der Waals surface area contributed by atoms with Crippen LogP contribution in [0.1, 0.15) is 16.4 Å². The van der Waals surface area contributed by atoms with E-state index in [1.54, 1.807) is 54.6 Å². The van der Waals surface area contributed by atoms with E-state index in [4.69, 9.17) is 0 Å². The maximum atomic E-state index is 13.1. The Hall–Kier alpha value is -2.03. The Kier molecular flexibility index (Phi) is 6.64. The molecule has 0 saturated carbocycles. The van der Waals surface area contributed by atoms with E-state index >= 15 is 0 Å². The molecule has 8 heteroatoms. The molecule has 2 aromatic carbocycles. The van der Waals surface area contributed by atoms with Gasteiger partial charge < -0.3 is 5.32 Å². The van der Waals surface area contributed by atoms with Crippen molar-refractivity contribution in [1.82, 2.24) is 4.57 Å². The van der Waals surface area contributed by atoms with Crippen molar-refractivity contribution in [1.29, 1.82) is 0 Å². The normalized spacial score (nSPS) is 11.7. The van der Waals surface area contributed by atoms with Crippen LogP contribution in [-0.2, 0) is 4.79 Å². The molecule has 1 aromatic heterocycles. The Morgan fingerprint density at radius 3 is 1.93 bits per heavy atom. The zero-order valence-corrected chi connectivity index (χ0v) is 19.0. The Bertz CT molecular complexity index is 1080. The smallest absolute Gasteiger partial charge is 0.255 e. The number of halogens is 3. The molecular formula is C20H13Br3N2O3. The standard InChI is InChI=1S/C20H13Br3N2O3/c21-13-3-1-12(2-4-13)19(27)18(25-11-15(23)7-10-17(25)26)20(28)24-16-8-5-14(22)6-9-16/h1-11,18H,(H,24,28). The molecule has 142 valence electrons. The van der Waals surface area contributed by atoms with Gasteiger partial charge in [0.05, 0.1) is 0 Å². The third-order valence-electron chi connectivity index (χ3n) is 3.92. The molecule has 0 aliphatic carbocycles. The monoisotopic (exact) mass is 566 g/mol. The third kappa shape index (κ3) is 4.87. The number of Topliss-reactive ketones (excluding diaryl/α,β-unsaturated/α-hetero) is 1. The lowest BCUT2D eigenvalue weighted by molar-refractivity contribution is -0.118. The first-order chi connectivity index (χ1) is 13.3. The van der Waals surface area contributed by atoms with E-state index in [-0.39, 0.29) is 0 Å². The van der Waals surface area contributed by atoms with Gasteiger partial charge >= 0.3 is 0 Å². The number of carbonyl (C=O) groups excluding carboxylic acids is 2. The van der Waals surface area contributed by atoms with Crippen molar-refractivity contribution in [3.05, 3.63) is 96.2 Å². The molecule has 5 nitrogen and oxygen atoms in total. The van der Waals surface area contributed by atoms with Gasteiger partial charge in [-0.1, -0.05) is 44.0 Å². The van der Waals surface area contributed by atoms with Gasteiger partial charge in [-0.3, -0.25) is 19.0 Å². The van der Waals surface area contributed by atoms with Gasteiger partial charge in [-0.2, -0.15) is 0 Å². The summed E-state index contributed by atoms with van der Waals surface area (Å²) in [5, 5.41) is 2.71. The molecule has 1 N–H and O–H groups in total.